The molecule has 0 heterocycles. The van der Waals surface area contributed by atoms with Crippen molar-refractivity contribution in [3.05, 3.63) is 12.3 Å². The average Bonchev–Trinajstić information content (AvgIpc) is 2.43. The Morgan fingerprint density at radius 3 is 1.95 bits per heavy atom. The molecule has 0 saturated carbocycles. The molecule has 0 aromatic rings. The predicted octanol–water partition coefficient (Wildman–Crippen LogP) is 1.46. The SMILES string of the molecule is CCNCCCN/C=C/CCCNCCCNCC. The van der Waals surface area contributed by atoms with E-state index in [4.69, 9.17) is 0 Å². The van der Waals surface area contributed by atoms with Crippen LogP contribution in [-0.4, -0.2) is 45.8 Å². The summed E-state index contributed by atoms with van der Waals surface area (Å²) in [6, 6.07) is 0. The van der Waals surface area contributed by atoms with Crippen molar-refractivity contribution >= 4 is 0 Å². The third kappa shape index (κ3) is 17.4. The van der Waals surface area contributed by atoms with E-state index < -0.39 is 0 Å². The largest absolute Gasteiger partial charge is 0.391 e. The molecule has 0 aromatic heterocycles. The van der Waals surface area contributed by atoms with Gasteiger partial charge in [0.15, 0.2) is 0 Å². The summed E-state index contributed by atoms with van der Waals surface area (Å²) < 4.78 is 0. The molecule has 0 unspecified atom stereocenters. The Bertz CT molecular complexity index is 183. The first kappa shape index (κ1) is 18.4. The van der Waals surface area contributed by atoms with Crippen LogP contribution in [-0.2, 0) is 0 Å². The number of nitrogens with one attached hydrogen (secondary N) is 4. The van der Waals surface area contributed by atoms with Crippen LogP contribution in [0, 0.1) is 0 Å². The second-order valence-corrected chi connectivity index (χ2v) is 4.66. The van der Waals surface area contributed by atoms with Gasteiger partial charge in [-0.05, 0) is 71.2 Å². The fourth-order valence-electron chi connectivity index (χ4n) is 1.73. The van der Waals surface area contributed by atoms with Crippen LogP contribution in [0.2, 0.25) is 0 Å². The molecule has 0 aromatic carbocycles. The fraction of sp³-hybridized carbons (Fsp3) is 0.867. The highest BCUT2D eigenvalue weighted by molar-refractivity contribution is 4.79. The molecule has 0 spiro atoms. The van der Waals surface area contributed by atoms with Crippen LogP contribution < -0.4 is 21.3 Å². The summed E-state index contributed by atoms with van der Waals surface area (Å²) in [7, 11) is 0. The van der Waals surface area contributed by atoms with Crippen molar-refractivity contribution in [1.82, 2.24) is 21.3 Å². The molecule has 0 atom stereocenters. The summed E-state index contributed by atoms with van der Waals surface area (Å²) in [6.07, 6.45) is 9.10. The van der Waals surface area contributed by atoms with Gasteiger partial charge in [0.2, 0.25) is 0 Å². The smallest absolute Gasteiger partial charge is 0.0153 e. The van der Waals surface area contributed by atoms with Gasteiger partial charge in [-0.1, -0.05) is 19.9 Å². The highest BCUT2D eigenvalue weighted by atomic mass is 14.9. The summed E-state index contributed by atoms with van der Waals surface area (Å²) in [6.45, 7) is 12.0. The molecule has 0 bridgehead atoms. The third-order valence-electron chi connectivity index (χ3n) is 2.84. The lowest BCUT2D eigenvalue weighted by Crippen LogP contribution is -2.22. The zero-order valence-electron chi connectivity index (χ0n) is 12.9. The van der Waals surface area contributed by atoms with E-state index in [2.05, 4.69) is 47.4 Å². The van der Waals surface area contributed by atoms with Crippen LogP contribution in [0.4, 0.5) is 0 Å². The first-order valence-electron chi connectivity index (χ1n) is 7.92. The third-order valence-corrected chi connectivity index (χ3v) is 2.84. The first-order chi connectivity index (χ1) is 9.41. The quantitative estimate of drug-likeness (QED) is 0.340. The molecule has 0 radical (unpaired) electrons. The Kier molecular flexibility index (Phi) is 16.9. The number of unbranched alkanes of at least 4 members (excludes halogenated alkanes) is 1. The molecule has 0 amide bonds. The van der Waals surface area contributed by atoms with Crippen molar-refractivity contribution in [2.24, 2.45) is 0 Å². The molecule has 114 valence electrons. The Morgan fingerprint density at radius 2 is 1.26 bits per heavy atom. The van der Waals surface area contributed by atoms with Crippen molar-refractivity contribution in [3.63, 3.8) is 0 Å². The maximum atomic E-state index is 3.47. The summed E-state index contributed by atoms with van der Waals surface area (Å²) in [5.41, 5.74) is 0. The zero-order chi connectivity index (χ0) is 14.0. The maximum Gasteiger partial charge on any atom is 0.0153 e. The van der Waals surface area contributed by atoms with E-state index in [1.807, 2.05) is 0 Å². The highest BCUT2D eigenvalue weighted by Crippen LogP contribution is 1.88. The second kappa shape index (κ2) is 17.4. The van der Waals surface area contributed by atoms with E-state index in [0.29, 0.717) is 0 Å². The maximum absolute atomic E-state index is 3.47. The van der Waals surface area contributed by atoms with Gasteiger partial charge in [-0.15, -0.1) is 0 Å². The van der Waals surface area contributed by atoms with Gasteiger partial charge in [-0.2, -0.15) is 0 Å². The molecule has 0 saturated heterocycles. The van der Waals surface area contributed by atoms with E-state index in [9.17, 15) is 0 Å². The van der Waals surface area contributed by atoms with Gasteiger partial charge in [-0.3, -0.25) is 0 Å². The van der Waals surface area contributed by atoms with Gasteiger partial charge >= 0.3 is 0 Å². The Hall–Kier alpha value is -0.580. The molecule has 4 nitrogen and oxygen atoms in total. The van der Waals surface area contributed by atoms with Crippen molar-refractivity contribution in [1.29, 1.82) is 0 Å². The average molecular weight is 270 g/mol. The molecule has 0 fully saturated rings. The zero-order valence-corrected chi connectivity index (χ0v) is 12.9. The topological polar surface area (TPSA) is 48.1 Å². The van der Waals surface area contributed by atoms with Crippen molar-refractivity contribution < 1.29 is 0 Å². The number of hydrogen-bond acceptors (Lipinski definition) is 4. The van der Waals surface area contributed by atoms with Gasteiger partial charge in [0.1, 0.15) is 0 Å². The van der Waals surface area contributed by atoms with Crippen LogP contribution in [0.5, 0.6) is 0 Å². The fourth-order valence-corrected chi connectivity index (χ4v) is 1.73. The lowest BCUT2D eigenvalue weighted by molar-refractivity contribution is 0.594. The minimum Gasteiger partial charge on any atom is -0.391 e. The second-order valence-electron chi connectivity index (χ2n) is 4.66. The molecule has 4 heteroatoms. The van der Waals surface area contributed by atoms with Crippen LogP contribution in [0.15, 0.2) is 12.3 Å². The molecule has 4 N–H and O–H groups in total. The van der Waals surface area contributed by atoms with Crippen LogP contribution in [0.3, 0.4) is 0 Å². The van der Waals surface area contributed by atoms with Crippen molar-refractivity contribution in [2.75, 3.05) is 45.8 Å². The van der Waals surface area contributed by atoms with Gasteiger partial charge < -0.3 is 21.3 Å². The molecule has 0 aliphatic rings. The Morgan fingerprint density at radius 1 is 0.684 bits per heavy atom. The van der Waals surface area contributed by atoms with E-state index in [1.165, 1.54) is 19.3 Å². The van der Waals surface area contributed by atoms with E-state index >= 15 is 0 Å². The summed E-state index contributed by atoms with van der Waals surface area (Å²) in [5.74, 6) is 0. The molecule has 0 rings (SSSR count). The number of allylic oxidation sites excluding steroid dienone is 1. The van der Waals surface area contributed by atoms with Gasteiger partial charge in [0.05, 0.1) is 0 Å². The molecule has 19 heavy (non-hydrogen) atoms. The van der Waals surface area contributed by atoms with Gasteiger partial charge in [0, 0.05) is 6.54 Å². The van der Waals surface area contributed by atoms with Crippen molar-refractivity contribution in [3.8, 4) is 0 Å². The van der Waals surface area contributed by atoms with Crippen molar-refractivity contribution in [2.45, 2.75) is 39.5 Å². The minimum absolute atomic E-state index is 1.06. The van der Waals surface area contributed by atoms with Crippen LogP contribution in [0.1, 0.15) is 39.5 Å². The van der Waals surface area contributed by atoms with Crippen LogP contribution in [0.25, 0.3) is 0 Å². The normalized spacial score (nSPS) is 11.3. The lowest BCUT2D eigenvalue weighted by Gasteiger charge is -2.04. The summed E-state index contributed by atoms with van der Waals surface area (Å²) in [4.78, 5) is 0. The highest BCUT2D eigenvalue weighted by Gasteiger charge is 1.88. The van der Waals surface area contributed by atoms with Gasteiger partial charge in [0.25, 0.3) is 0 Å². The van der Waals surface area contributed by atoms with E-state index in [-0.39, 0.29) is 0 Å². The van der Waals surface area contributed by atoms with E-state index in [0.717, 1.165) is 52.2 Å². The first-order valence-corrected chi connectivity index (χ1v) is 7.92. The minimum atomic E-state index is 1.06. The monoisotopic (exact) mass is 270 g/mol. The van der Waals surface area contributed by atoms with Gasteiger partial charge in [-0.25, -0.2) is 0 Å². The van der Waals surface area contributed by atoms with Crippen LogP contribution >= 0.6 is 0 Å². The Balaban J connectivity index is 3.00. The molecule has 0 aliphatic carbocycles. The molecular formula is C15H34N4. The lowest BCUT2D eigenvalue weighted by atomic mass is 10.3. The molecular weight excluding hydrogens is 236 g/mol. The predicted molar refractivity (Wildman–Crippen MR) is 85.6 cm³/mol. The summed E-state index contributed by atoms with van der Waals surface area (Å²) >= 11 is 0. The standard InChI is InChI=1S/C15H34N4/c1-3-16-12-8-14-18-10-6-5-7-11-19-15-9-13-17-4-2/h6,10,16-19H,3-5,7-9,11-15H2,1-2H3/b10-6+. The summed E-state index contributed by atoms with van der Waals surface area (Å²) in [5, 5.41) is 13.4. The number of rotatable bonds is 15. The number of hydrogen-bond donors (Lipinski definition) is 4. The van der Waals surface area contributed by atoms with E-state index in [1.54, 1.807) is 0 Å². The Labute approximate surface area is 119 Å². The molecule has 0 aliphatic heterocycles.